The zero-order valence-corrected chi connectivity index (χ0v) is 11.1. The van der Waals surface area contributed by atoms with Gasteiger partial charge < -0.3 is 15.2 Å². The lowest BCUT2D eigenvalue weighted by Crippen LogP contribution is -2.59. The maximum atomic E-state index is 11.3. The highest BCUT2D eigenvalue weighted by molar-refractivity contribution is 5.88. The molecule has 0 aliphatic heterocycles. The second kappa shape index (κ2) is 5.65. The van der Waals surface area contributed by atoms with Crippen LogP contribution in [0.15, 0.2) is 11.6 Å². The van der Waals surface area contributed by atoms with Gasteiger partial charge in [-0.05, 0) is 12.8 Å². The zero-order valence-electron chi connectivity index (χ0n) is 11.1. The van der Waals surface area contributed by atoms with Gasteiger partial charge in [-0.3, -0.25) is 0 Å². The van der Waals surface area contributed by atoms with Crippen LogP contribution < -0.4 is 5.32 Å². The van der Waals surface area contributed by atoms with E-state index < -0.39 is 0 Å². The Hall–Kier alpha value is -0.870. The monoisotopic (exact) mass is 241 g/mol. The average molecular weight is 241 g/mol. The summed E-state index contributed by atoms with van der Waals surface area (Å²) in [5.74, 6) is -0.262. The lowest BCUT2D eigenvalue weighted by atomic mass is 9.64. The molecule has 0 heterocycles. The Balaban J connectivity index is 2.42. The van der Waals surface area contributed by atoms with Crippen LogP contribution in [-0.4, -0.2) is 36.9 Å². The molecule has 2 N–H and O–H groups in total. The van der Waals surface area contributed by atoms with Crippen molar-refractivity contribution >= 4 is 5.97 Å². The third-order valence-corrected chi connectivity index (χ3v) is 3.76. The first kappa shape index (κ1) is 14.2. The number of aliphatic hydroxyl groups is 1. The van der Waals surface area contributed by atoms with Crippen molar-refractivity contribution in [2.45, 2.75) is 45.8 Å². The van der Waals surface area contributed by atoms with E-state index in [9.17, 15) is 9.90 Å². The van der Waals surface area contributed by atoms with Crippen molar-refractivity contribution in [1.29, 1.82) is 0 Å². The van der Waals surface area contributed by atoms with Crippen molar-refractivity contribution < 1.29 is 14.6 Å². The maximum Gasteiger partial charge on any atom is 0.333 e. The molecule has 0 saturated heterocycles. The predicted molar refractivity (Wildman–Crippen MR) is 66.6 cm³/mol. The van der Waals surface area contributed by atoms with Gasteiger partial charge in [0.1, 0.15) is 0 Å². The molecule has 0 aromatic carbocycles. The van der Waals surface area contributed by atoms with E-state index in [-0.39, 0.29) is 17.5 Å². The molecule has 0 amide bonds. The molecule has 1 fully saturated rings. The summed E-state index contributed by atoms with van der Waals surface area (Å²) in [4.78, 5) is 11.3. The second-order valence-corrected chi connectivity index (χ2v) is 5.11. The minimum Gasteiger partial charge on any atom is -0.466 e. The average Bonchev–Trinajstić information content (AvgIpc) is 2.32. The highest BCUT2D eigenvalue weighted by Crippen LogP contribution is 2.40. The van der Waals surface area contributed by atoms with E-state index in [1.807, 2.05) is 26.8 Å². The van der Waals surface area contributed by atoms with Crippen LogP contribution in [0.3, 0.4) is 0 Å². The Morgan fingerprint density at radius 2 is 2.24 bits per heavy atom. The van der Waals surface area contributed by atoms with Crippen LogP contribution >= 0.6 is 0 Å². The van der Waals surface area contributed by atoms with E-state index in [2.05, 4.69) is 10.1 Å². The summed E-state index contributed by atoms with van der Waals surface area (Å²) in [6, 6.07) is 0.310. The number of rotatable bonds is 5. The van der Waals surface area contributed by atoms with Crippen LogP contribution in [0, 0.1) is 5.41 Å². The Labute approximate surface area is 103 Å². The predicted octanol–water partition coefficient (Wildman–Crippen LogP) is 1.24. The summed E-state index contributed by atoms with van der Waals surface area (Å²) in [5.41, 5.74) is 0.614. The number of hydrogen-bond acceptors (Lipinski definition) is 4. The van der Waals surface area contributed by atoms with Gasteiger partial charge in [0.15, 0.2) is 0 Å². The number of nitrogens with one attached hydrogen (secondary N) is 1. The van der Waals surface area contributed by atoms with Crippen molar-refractivity contribution in [3.63, 3.8) is 0 Å². The fourth-order valence-electron chi connectivity index (χ4n) is 2.08. The standard InChI is InChI=1S/C13H23NO3/c1-5-9(12(16)17-4)6-7-14-10-8-11(15)13(10,2)3/h6,10-11,14-15H,5,7-8H2,1-4H3. The first-order chi connectivity index (χ1) is 7.93. The fraction of sp³-hybridized carbons (Fsp3) is 0.769. The first-order valence-corrected chi connectivity index (χ1v) is 6.12. The van der Waals surface area contributed by atoms with Gasteiger partial charge in [-0.1, -0.05) is 26.8 Å². The van der Waals surface area contributed by atoms with Crippen LogP contribution in [0.2, 0.25) is 0 Å². The summed E-state index contributed by atoms with van der Waals surface area (Å²) >= 11 is 0. The lowest BCUT2D eigenvalue weighted by Gasteiger charge is -2.49. The number of ether oxygens (including phenoxy) is 1. The Kier molecular flexibility index (Phi) is 4.71. The molecule has 0 radical (unpaired) electrons. The third kappa shape index (κ3) is 3.07. The summed E-state index contributed by atoms with van der Waals surface area (Å²) in [5, 5.41) is 12.9. The number of methoxy groups -OCH3 is 1. The summed E-state index contributed by atoms with van der Waals surface area (Å²) in [7, 11) is 1.39. The van der Waals surface area contributed by atoms with Crippen molar-refractivity contribution in [3.8, 4) is 0 Å². The van der Waals surface area contributed by atoms with Gasteiger partial charge in [0.05, 0.1) is 13.2 Å². The highest BCUT2D eigenvalue weighted by Gasteiger charge is 2.46. The normalized spacial score (nSPS) is 27.5. The number of aliphatic hydroxyl groups excluding tert-OH is 1. The Morgan fingerprint density at radius 3 is 2.65 bits per heavy atom. The molecule has 2 unspecified atom stereocenters. The van der Waals surface area contributed by atoms with Gasteiger partial charge in [0.2, 0.25) is 0 Å². The van der Waals surface area contributed by atoms with Crippen LogP contribution in [-0.2, 0) is 9.53 Å². The van der Waals surface area contributed by atoms with E-state index in [0.29, 0.717) is 24.6 Å². The Bertz CT molecular complexity index is 310. The summed E-state index contributed by atoms with van der Waals surface area (Å²) in [6.45, 7) is 6.66. The quantitative estimate of drug-likeness (QED) is 0.562. The van der Waals surface area contributed by atoms with Gasteiger partial charge in [0.25, 0.3) is 0 Å². The molecule has 0 spiro atoms. The fourth-order valence-corrected chi connectivity index (χ4v) is 2.08. The van der Waals surface area contributed by atoms with Crippen LogP contribution in [0.1, 0.15) is 33.6 Å². The van der Waals surface area contributed by atoms with Crippen LogP contribution in [0.5, 0.6) is 0 Å². The molecule has 4 nitrogen and oxygen atoms in total. The molecule has 0 aromatic heterocycles. The molecule has 0 bridgehead atoms. The zero-order chi connectivity index (χ0) is 13.1. The van der Waals surface area contributed by atoms with E-state index in [1.165, 1.54) is 7.11 Å². The molecule has 1 aliphatic rings. The van der Waals surface area contributed by atoms with Gasteiger partial charge in [-0.25, -0.2) is 4.79 Å². The molecule has 1 aliphatic carbocycles. The first-order valence-electron chi connectivity index (χ1n) is 6.12. The van der Waals surface area contributed by atoms with Gasteiger partial charge in [-0.15, -0.1) is 0 Å². The molecule has 1 rings (SSSR count). The maximum absolute atomic E-state index is 11.3. The molecule has 0 aromatic rings. The van der Waals surface area contributed by atoms with Gasteiger partial charge in [-0.2, -0.15) is 0 Å². The molecule has 4 heteroatoms. The third-order valence-electron chi connectivity index (χ3n) is 3.76. The molecule has 2 atom stereocenters. The molecular weight excluding hydrogens is 218 g/mol. The number of carbonyl (C=O) groups is 1. The van der Waals surface area contributed by atoms with Crippen LogP contribution in [0.4, 0.5) is 0 Å². The van der Waals surface area contributed by atoms with Crippen molar-refractivity contribution in [3.05, 3.63) is 11.6 Å². The highest BCUT2D eigenvalue weighted by atomic mass is 16.5. The molecule has 98 valence electrons. The van der Waals surface area contributed by atoms with Crippen LogP contribution in [0.25, 0.3) is 0 Å². The number of esters is 1. The van der Waals surface area contributed by atoms with Crippen molar-refractivity contribution in [2.24, 2.45) is 5.41 Å². The molecular formula is C13H23NO3. The summed E-state index contributed by atoms with van der Waals surface area (Å²) < 4.78 is 4.68. The van der Waals surface area contributed by atoms with Crippen molar-refractivity contribution in [1.82, 2.24) is 5.32 Å². The van der Waals surface area contributed by atoms with E-state index in [4.69, 9.17) is 0 Å². The van der Waals surface area contributed by atoms with Crippen molar-refractivity contribution in [2.75, 3.05) is 13.7 Å². The van der Waals surface area contributed by atoms with E-state index in [0.717, 1.165) is 6.42 Å². The SMILES string of the molecule is CCC(=CCNC1CC(O)C1(C)C)C(=O)OC. The number of hydrogen-bond donors (Lipinski definition) is 2. The minimum absolute atomic E-state index is 0.0779. The Morgan fingerprint density at radius 1 is 1.59 bits per heavy atom. The second-order valence-electron chi connectivity index (χ2n) is 5.11. The number of carbonyl (C=O) groups excluding carboxylic acids is 1. The van der Waals surface area contributed by atoms with Gasteiger partial charge >= 0.3 is 5.97 Å². The lowest BCUT2D eigenvalue weighted by molar-refractivity contribution is -0.136. The summed E-state index contributed by atoms with van der Waals surface area (Å²) in [6.07, 6.45) is 3.09. The topological polar surface area (TPSA) is 58.6 Å². The molecule has 1 saturated carbocycles. The largest absolute Gasteiger partial charge is 0.466 e. The van der Waals surface area contributed by atoms with Gasteiger partial charge in [0, 0.05) is 23.6 Å². The minimum atomic E-state index is -0.262. The smallest absolute Gasteiger partial charge is 0.333 e. The van der Waals surface area contributed by atoms with E-state index >= 15 is 0 Å². The molecule has 17 heavy (non-hydrogen) atoms. The van der Waals surface area contributed by atoms with E-state index in [1.54, 1.807) is 0 Å².